The van der Waals surface area contributed by atoms with Crippen molar-refractivity contribution in [3.8, 4) is 12.1 Å². The number of fused-ring (bicyclic) bond motifs is 1. The highest BCUT2D eigenvalue weighted by molar-refractivity contribution is 6.00. The number of piperidine rings is 1. The fourth-order valence-corrected chi connectivity index (χ4v) is 4.24. The average Bonchev–Trinajstić information content (AvgIpc) is 3.53. The van der Waals surface area contributed by atoms with E-state index < -0.39 is 23.9 Å². The zero-order valence-electron chi connectivity index (χ0n) is 18.2. The van der Waals surface area contributed by atoms with E-state index in [2.05, 4.69) is 33.1 Å². The molecule has 0 radical (unpaired) electrons. The van der Waals surface area contributed by atoms with E-state index in [1.165, 1.54) is 0 Å². The third kappa shape index (κ3) is 5.50. The summed E-state index contributed by atoms with van der Waals surface area (Å²) in [7, 11) is 0. The molecule has 9 nitrogen and oxygen atoms in total. The first-order valence-corrected chi connectivity index (χ1v) is 11.3. The smallest absolute Gasteiger partial charge is 0.268 e. The van der Waals surface area contributed by atoms with Crippen molar-refractivity contribution in [1.82, 2.24) is 20.9 Å². The largest absolute Gasteiger partial charge is 0.356 e. The number of hydrogen-bond acceptors (Lipinski definition) is 5. The van der Waals surface area contributed by atoms with Gasteiger partial charge in [0.15, 0.2) is 0 Å². The van der Waals surface area contributed by atoms with Crippen LogP contribution in [0.15, 0.2) is 24.3 Å². The molecule has 1 aliphatic heterocycles. The number of benzene rings is 1. The lowest BCUT2D eigenvalue weighted by atomic mass is 9.92. The van der Waals surface area contributed by atoms with Crippen LogP contribution in [0.1, 0.15) is 54.6 Å². The zero-order valence-corrected chi connectivity index (χ0v) is 18.2. The SMILES string of the molecule is N#Cc1ccc2[nH]c(C(=O)N[C@@H](CC3CC3)C(=O)N[C@H](C#N)C[C@@H]3CCCNC3=O)cc2c1. The molecule has 0 spiro atoms. The van der Waals surface area contributed by atoms with Gasteiger partial charge in [0.05, 0.1) is 17.7 Å². The van der Waals surface area contributed by atoms with Crippen molar-refractivity contribution >= 4 is 28.6 Å². The predicted molar refractivity (Wildman–Crippen MR) is 120 cm³/mol. The van der Waals surface area contributed by atoms with Crippen molar-refractivity contribution in [3.05, 3.63) is 35.5 Å². The van der Waals surface area contributed by atoms with E-state index in [1.807, 2.05) is 0 Å². The highest BCUT2D eigenvalue weighted by atomic mass is 16.2. The van der Waals surface area contributed by atoms with E-state index in [0.717, 1.165) is 30.2 Å². The van der Waals surface area contributed by atoms with Crippen molar-refractivity contribution in [2.75, 3.05) is 6.54 Å². The van der Waals surface area contributed by atoms with Gasteiger partial charge in [0, 0.05) is 23.4 Å². The van der Waals surface area contributed by atoms with Gasteiger partial charge in [-0.15, -0.1) is 0 Å². The summed E-state index contributed by atoms with van der Waals surface area (Å²) in [6.07, 6.45) is 4.30. The molecule has 33 heavy (non-hydrogen) atoms. The summed E-state index contributed by atoms with van der Waals surface area (Å²) in [4.78, 5) is 40.9. The number of hydrogen-bond donors (Lipinski definition) is 4. The number of carbonyl (C=O) groups excluding carboxylic acids is 3. The Morgan fingerprint density at radius 3 is 2.64 bits per heavy atom. The molecular formula is C24H26N6O3. The molecule has 1 aliphatic carbocycles. The van der Waals surface area contributed by atoms with Crippen molar-refractivity contribution in [2.24, 2.45) is 11.8 Å². The zero-order chi connectivity index (χ0) is 23.4. The Kier molecular flexibility index (Phi) is 6.60. The van der Waals surface area contributed by atoms with Gasteiger partial charge in [0.1, 0.15) is 17.8 Å². The standard InChI is InChI=1S/C24H26N6O3/c25-12-15-5-6-19-17(8-15)11-21(29-19)24(33)30-20(9-14-3-4-14)23(32)28-18(13-26)10-16-2-1-7-27-22(16)31/h5-6,8,11,14,16,18,20,29H,1-4,7,9-10H2,(H,27,31)(H,28,32)(H,30,33)/t16-,18-,20-/m0/s1. The van der Waals surface area contributed by atoms with Crippen LogP contribution in [0.3, 0.4) is 0 Å². The molecule has 3 atom stereocenters. The van der Waals surface area contributed by atoms with Crippen molar-refractivity contribution in [1.29, 1.82) is 10.5 Å². The molecule has 1 saturated carbocycles. The van der Waals surface area contributed by atoms with Crippen molar-refractivity contribution in [3.63, 3.8) is 0 Å². The van der Waals surface area contributed by atoms with Crippen molar-refractivity contribution in [2.45, 2.75) is 50.6 Å². The van der Waals surface area contributed by atoms with Gasteiger partial charge in [-0.3, -0.25) is 14.4 Å². The van der Waals surface area contributed by atoms with E-state index in [4.69, 9.17) is 5.26 Å². The van der Waals surface area contributed by atoms with E-state index in [0.29, 0.717) is 36.6 Å². The van der Waals surface area contributed by atoms with Crippen molar-refractivity contribution < 1.29 is 14.4 Å². The molecular weight excluding hydrogens is 420 g/mol. The summed E-state index contributed by atoms with van der Waals surface area (Å²) in [5.41, 5.74) is 1.51. The molecule has 9 heteroatoms. The van der Waals surface area contributed by atoms with E-state index >= 15 is 0 Å². The Balaban J connectivity index is 1.43. The lowest BCUT2D eigenvalue weighted by Crippen LogP contribution is -2.50. The van der Waals surface area contributed by atoms with E-state index in [9.17, 15) is 19.6 Å². The first kappa shape index (κ1) is 22.3. The maximum absolute atomic E-state index is 13.0. The number of nitriles is 2. The second-order valence-corrected chi connectivity index (χ2v) is 8.86. The van der Waals surface area contributed by atoms with Gasteiger partial charge in [-0.1, -0.05) is 12.8 Å². The minimum absolute atomic E-state index is 0.0862. The Hall–Kier alpha value is -3.85. The summed E-state index contributed by atoms with van der Waals surface area (Å²) in [6, 6.07) is 9.31. The van der Waals surface area contributed by atoms with Crippen LogP contribution in [0.5, 0.6) is 0 Å². The first-order chi connectivity index (χ1) is 16.0. The van der Waals surface area contributed by atoms with Crippen LogP contribution in [-0.4, -0.2) is 41.3 Å². The van der Waals surface area contributed by atoms with Crippen LogP contribution >= 0.6 is 0 Å². The number of amides is 3. The van der Waals surface area contributed by atoms with Gasteiger partial charge in [0.25, 0.3) is 5.91 Å². The third-order valence-electron chi connectivity index (χ3n) is 6.27. The second kappa shape index (κ2) is 9.74. The molecule has 4 N–H and O–H groups in total. The lowest BCUT2D eigenvalue weighted by Gasteiger charge is -2.25. The van der Waals surface area contributed by atoms with Gasteiger partial charge in [0.2, 0.25) is 11.8 Å². The van der Waals surface area contributed by atoms with Gasteiger partial charge in [-0.25, -0.2) is 0 Å². The number of rotatable bonds is 8. The fourth-order valence-electron chi connectivity index (χ4n) is 4.24. The molecule has 3 amide bonds. The molecule has 1 saturated heterocycles. The van der Waals surface area contributed by atoms with Gasteiger partial charge < -0.3 is 20.9 Å². The Bertz CT molecular complexity index is 1150. The maximum atomic E-state index is 13.0. The third-order valence-corrected chi connectivity index (χ3v) is 6.27. The predicted octanol–water partition coefficient (Wildman–Crippen LogP) is 1.86. The van der Waals surface area contributed by atoms with E-state index in [-0.39, 0.29) is 18.2 Å². The van der Waals surface area contributed by atoms with Crippen LogP contribution in [-0.2, 0) is 9.59 Å². The molecule has 2 fully saturated rings. The monoisotopic (exact) mass is 446 g/mol. The highest BCUT2D eigenvalue weighted by Crippen LogP contribution is 2.33. The molecule has 0 unspecified atom stereocenters. The first-order valence-electron chi connectivity index (χ1n) is 11.3. The lowest BCUT2D eigenvalue weighted by molar-refractivity contribution is -0.128. The van der Waals surface area contributed by atoms with Crippen LogP contribution in [0.25, 0.3) is 10.9 Å². The summed E-state index contributed by atoms with van der Waals surface area (Å²) in [5, 5.41) is 27.7. The number of carbonyl (C=O) groups is 3. The quantitative estimate of drug-likeness (QED) is 0.488. The highest BCUT2D eigenvalue weighted by Gasteiger charge is 2.33. The van der Waals surface area contributed by atoms with Crippen LogP contribution < -0.4 is 16.0 Å². The Labute approximate surface area is 191 Å². The fraction of sp³-hybridized carbons (Fsp3) is 0.458. The molecule has 170 valence electrons. The molecule has 0 bridgehead atoms. The van der Waals surface area contributed by atoms with Crippen LogP contribution in [0, 0.1) is 34.5 Å². The molecule has 1 aromatic carbocycles. The minimum Gasteiger partial charge on any atom is -0.356 e. The van der Waals surface area contributed by atoms with Gasteiger partial charge in [-0.05, 0) is 55.9 Å². The summed E-state index contributed by atoms with van der Waals surface area (Å²) in [5.74, 6) is -0.861. The maximum Gasteiger partial charge on any atom is 0.268 e. The normalized spacial score (nSPS) is 19.6. The average molecular weight is 447 g/mol. The summed E-state index contributed by atoms with van der Waals surface area (Å²) in [6.45, 7) is 0.639. The number of nitrogens with one attached hydrogen (secondary N) is 4. The number of nitrogens with zero attached hydrogens (tertiary/aromatic N) is 2. The Morgan fingerprint density at radius 2 is 1.94 bits per heavy atom. The number of aromatic amines is 1. The molecule has 2 aliphatic rings. The topological polar surface area (TPSA) is 151 Å². The van der Waals surface area contributed by atoms with Crippen LogP contribution in [0.2, 0.25) is 0 Å². The van der Waals surface area contributed by atoms with Crippen LogP contribution in [0.4, 0.5) is 0 Å². The second-order valence-electron chi connectivity index (χ2n) is 8.86. The molecule has 1 aromatic heterocycles. The number of H-pyrrole nitrogens is 1. The summed E-state index contributed by atoms with van der Waals surface area (Å²) < 4.78 is 0. The molecule has 2 heterocycles. The summed E-state index contributed by atoms with van der Waals surface area (Å²) >= 11 is 0. The Morgan fingerprint density at radius 1 is 1.12 bits per heavy atom. The van der Waals surface area contributed by atoms with Gasteiger partial charge >= 0.3 is 0 Å². The number of aromatic nitrogens is 1. The van der Waals surface area contributed by atoms with E-state index in [1.54, 1.807) is 24.3 Å². The van der Waals surface area contributed by atoms with Gasteiger partial charge in [-0.2, -0.15) is 10.5 Å². The molecule has 4 rings (SSSR count). The minimum atomic E-state index is -0.803. The molecule has 2 aromatic rings.